The van der Waals surface area contributed by atoms with E-state index in [1.54, 1.807) is 36.6 Å². The Hall–Kier alpha value is -3.83. The van der Waals surface area contributed by atoms with E-state index in [9.17, 15) is 9.18 Å². The molecule has 2 aromatic heterocycles. The largest absolute Gasteiger partial charge is 0.482 e. The first-order chi connectivity index (χ1) is 17.5. The van der Waals surface area contributed by atoms with E-state index in [2.05, 4.69) is 15.3 Å². The number of amides is 1. The number of nitrogens with two attached hydrogens (primary N) is 1. The van der Waals surface area contributed by atoms with Crippen molar-refractivity contribution in [3.63, 3.8) is 0 Å². The van der Waals surface area contributed by atoms with Crippen LogP contribution in [0.4, 0.5) is 4.39 Å². The molecule has 1 aliphatic heterocycles. The Morgan fingerprint density at radius 1 is 1.17 bits per heavy atom. The van der Waals surface area contributed by atoms with Crippen molar-refractivity contribution in [3.8, 4) is 5.75 Å². The number of halogens is 2. The van der Waals surface area contributed by atoms with Crippen molar-refractivity contribution in [1.82, 2.24) is 19.9 Å². The molecule has 2 aromatic carbocycles. The molecule has 1 unspecified atom stereocenters. The molecular formula is C24H20ClFN6O3S. The fraction of sp³-hybridized carbons (Fsp3) is 0.167. The van der Waals surface area contributed by atoms with Gasteiger partial charge in [0.15, 0.2) is 17.4 Å². The zero-order chi connectivity index (χ0) is 25.1. The molecular weight excluding hydrogens is 507 g/mol. The molecule has 4 aromatic rings. The summed E-state index contributed by atoms with van der Waals surface area (Å²) in [6, 6.07) is 16.5. The van der Waals surface area contributed by atoms with Gasteiger partial charge >= 0.3 is 0 Å². The Morgan fingerprint density at radius 2 is 1.97 bits per heavy atom. The minimum atomic E-state index is -0.490. The SMILES string of the molecule is Nn1c(COc2ccccc2F)nnc1SCC(=O)N1N=C(c2ccc(Cl)cc2)CC1c1ccco1. The Morgan fingerprint density at radius 3 is 2.72 bits per heavy atom. The van der Waals surface area contributed by atoms with Crippen molar-refractivity contribution in [3.05, 3.63) is 94.9 Å². The lowest BCUT2D eigenvalue weighted by Gasteiger charge is -2.19. The topological polar surface area (TPSA) is 112 Å². The molecule has 0 saturated heterocycles. The van der Waals surface area contributed by atoms with E-state index in [4.69, 9.17) is 26.6 Å². The molecule has 184 valence electrons. The normalized spacial score (nSPS) is 15.2. The first-order valence-electron chi connectivity index (χ1n) is 10.9. The van der Waals surface area contributed by atoms with Gasteiger partial charge in [0.1, 0.15) is 18.4 Å². The van der Waals surface area contributed by atoms with Gasteiger partial charge in [0.25, 0.3) is 5.91 Å². The van der Waals surface area contributed by atoms with Crippen LogP contribution in [0.25, 0.3) is 0 Å². The first kappa shape index (κ1) is 23.9. The number of benzene rings is 2. The summed E-state index contributed by atoms with van der Waals surface area (Å²) < 4.78 is 26.0. The first-order valence-corrected chi connectivity index (χ1v) is 12.2. The Kier molecular flexibility index (Phi) is 6.92. The minimum absolute atomic E-state index is 0.0120. The number of rotatable bonds is 8. The van der Waals surface area contributed by atoms with E-state index in [1.165, 1.54) is 21.8 Å². The molecule has 36 heavy (non-hydrogen) atoms. The highest BCUT2D eigenvalue weighted by Crippen LogP contribution is 2.34. The number of carbonyl (C=O) groups is 1. The van der Waals surface area contributed by atoms with Gasteiger partial charge in [-0.15, -0.1) is 10.2 Å². The van der Waals surface area contributed by atoms with Crippen LogP contribution in [-0.4, -0.2) is 37.3 Å². The molecule has 0 radical (unpaired) electrons. The van der Waals surface area contributed by atoms with E-state index < -0.39 is 5.82 Å². The van der Waals surface area contributed by atoms with Crippen LogP contribution >= 0.6 is 23.4 Å². The maximum Gasteiger partial charge on any atom is 0.253 e. The average Bonchev–Trinajstić information content (AvgIpc) is 3.63. The molecule has 12 heteroatoms. The van der Waals surface area contributed by atoms with E-state index >= 15 is 0 Å². The predicted molar refractivity (Wildman–Crippen MR) is 133 cm³/mol. The molecule has 1 atom stereocenters. The second-order valence-corrected chi connectivity index (χ2v) is 9.18. The highest BCUT2D eigenvalue weighted by molar-refractivity contribution is 7.99. The van der Waals surface area contributed by atoms with Crippen LogP contribution in [0.2, 0.25) is 5.02 Å². The monoisotopic (exact) mass is 526 g/mol. The molecule has 0 bridgehead atoms. The Balaban J connectivity index is 1.27. The van der Waals surface area contributed by atoms with Crippen LogP contribution in [-0.2, 0) is 11.4 Å². The van der Waals surface area contributed by atoms with Crippen LogP contribution < -0.4 is 10.6 Å². The van der Waals surface area contributed by atoms with Gasteiger partial charge in [0.05, 0.1) is 17.7 Å². The molecule has 0 saturated carbocycles. The van der Waals surface area contributed by atoms with E-state index in [0.717, 1.165) is 23.0 Å². The fourth-order valence-corrected chi connectivity index (χ4v) is 4.51. The molecule has 1 aliphatic rings. The smallest absolute Gasteiger partial charge is 0.253 e. The number of para-hydroxylation sites is 1. The average molecular weight is 527 g/mol. The quantitative estimate of drug-likeness (QED) is 0.267. The zero-order valence-electron chi connectivity index (χ0n) is 18.8. The second-order valence-electron chi connectivity index (χ2n) is 7.80. The molecule has 3 heterocycles. The summed E-state index contributed by atoms with van der Waals surface area (Å²) in [6.07, 6.45) is 2.06. The van der Waals surface area contributed by atoms with Gasteiger partial charge in [0, 0.05) is 11.4 Å². The predicted octanol–water partition coefficient (Wildman–Crippen LogP) is 4.43. The van der Waals surface area contributed by atoms with E-state index in [-0.39, 0.29) is 35.9 Å². The number of aromatic nitrogens is 3. The highest BCUT2D eigenvalue weighted by Gasteiger charge is 2.35. The summed E-state index contributed by atoms with van der Waals surface area (Å²) in [5, 5.41) is 15.0. The number of hydrogen-bond donors (Lipinski definition) is 1. The van der Waals surface area contributed by atoms with Crippen molar-refractivity contribution >= 4 is 35.0 Å². The minimum Gasteiger partial charge on any atom is -0.482 e. The van der Waals surface area contributed by atoms with Crippen molar-refractivity contribution in [1.29, 1.82) is 0 Å². The molecule has 0 fully saturated rings. The third-order valence-electron chi connectivity index (χ3n) is 5.47. The van der Waals surface area contributed by atoms with Crippen LogP contribution in [0.1, 0.15) is 29.6 Å². The summed E-state index contributed by atoms with van der Waals surface area (Å²) in [4.78, 5) is 13.2. The molecule has 0 spiro atoms. The molecule has 5 rings (SSSR count). The van der Waals surface area contributed by atoms with Crippen molar-refractivity contribution in [2.24, 2.45) is 5.10 Å². The summed E-state index contributed by atoms with van der Waals surface area (Å²) in [5.41, 5.74) is 1.63. The number of hydrazone groups is 1. The van der Waals surface area contributed by atoms with Crippen molar-refractivity contribution in [2.75, 3.05) is 11.6 Å². The third kappa shape index (κ3) is 5.07. The number of hydrogen-bond acceptors (Lipinski definition) is 8. The van der Waals surface area contributed by atoms with Crippen LogP contribution in [0.5, 0.6) is 5.75 Å². The lowest BCUT2D eigenvalue weighted by atomic mass is 10.0. The second kappa shape index (κ2) is 10.4. The maximum atomic E-state index is 13.8. The number of nitrogens with zero attached hydrogens (tertiary/aromatic N) is 5. The zero-order valence-corrected chi connectivity index (χ0v) is 20.3. The number of ether oxygens (including phenoxy) is 1. The number of carbonyl (C=O) groups excluding carboxylic acids is 1. The van der Waals surface area contributed by atoms with Gasteiger partial charge in [-0.3, -0.25) is 4.79 Å². The van der Waals surface area contributed by atoms with Gasteiger partial charge in [0.2, 0.25) is 5.16 Å². The number of furan rings is 1. The lowest BCUT2D eigenvalue weighted by Crippen LogP contribution is -2.28. The Labute approximate surface area is 214 Å². The molecule has 9 nitrogen and oxygen atoms in total. The van der Waals surface area contributed by atoms with Gasteiger partial charge < -0.3 is 15.0 Å². The van der Waals surface area contributed by atoms with E-state index in [0.29, 0.717) is 22.4 Å². The van der Waals surface area contributed by atoms with E-state index in [1.807, 2.05) is 18.2 Å². The highest BCUT2D eigenvalue weighted by atomic mass is 35.5. The van der Waals surface area contributed by atoms with Crippen molar-refractivity contribution < 1.29 is 18.3 Å². The summed E-state index contributed by atoms with van der Waals surface area (Å²) in [7, 11) is 0. The van der Waals surface area contributed by atoms with Crippen LogP contribution in [0, 0.1) is 5.82 Å². The van der Waals surface area contributed by atoms with Crippen molar-refractivity contribution in [2.45, 2.75) is 24.2 Å². The van der Waals surface area contributed by atoms with Gasteiger partial charge in [-0.1, -0.05) is 47.6 Å². The van der Waals surface area contributed by atoms with Crippen LogP contribution in [0.3, 0.4) is 0 Å². The van der Waals surface area contributed by atoms with Gasteiger partial charge in [-0.25, -0.2) is 14.1 Å². The lowest BCUT2D eigenvalue weighted by molar-refractivity contribution is -0.130. The van der Waals surface area contributed by atoms with Crippen LogP contribution in [0.15, 0.2) is 81.6 Å². The third-order valence-corrected chi connectivity index (χ3v) is 6.65. The summed E-state index contributed by atoms with van der Waals surface area (Å²) in [6.45, 7) is -0.0830. The number of nitrogen functional groups attached to an aromatic ring is 1. The van der Waals surface area contributed by atoms with Gasteiger partial charge in [-0.05, 0) is 42.0 Å². The maximum absolute atomic E-state index is 13.8. The Bertz CT molecular complexity index is 1390. The molecule has 0 aliphatic carbocycles. The van der Waals surface area contributed by atoms with Gasteiger partial charge in [-0.2, -0.15) is 5.10 Å². The number of thioether (sulfide) groups is 1. The summed E-state index contributed by atoms with van der Waals surface area (Å²) >= 11 is 7.12. The molecule has 1 amide bonds. The molecule has 2 N–H and O–H groups in total. The standard InChI is InChI=1S/C24H20ClFN6O3S/c25-16-9-7-15(8-10-16)18-12-19(21-6-3-11-34-21)32(30-18)23(33)14-36-24-29-28-22(31(24)27)13-35-20-5-2-1-4-17(20)26/h1-11,19H,12-14,27H2. The summed E-state index contributed by atoms with van der Waals surface area (Å²) in [5.74, 6) is 6.35. The fourth-order valence-electron chi connectivity index (χ4n) is 3.66.